The number of hydrogen-bond donors (Lipinski definition) is 1. The number of rotatable bonds is 1. The SMILES string of the molecule is CN[C@@H]1COCC[C@@H]1C.Cl. The van der Waals surface area contributed by atoms with Gasteiger partial charge >= 0.3 is 0 Å². The van der Waals surface area contributed by atoms with Gasteiger partial charge in [0.15, 0.2) is 0 Å². The number of hydrogen-bond acceptors (Lipinski definition) is 2. The minimum absolute atomic E-state index is 0. The predicted octanol–water partition coefficient (Wildman–Crippen LogP) is 1.05. The van der Waals surface area contributed by atoms with Gasteiger partial charge in [-0.15, -0.1) is 12.4 Å². The van der Waals surface area contributed by atoms with Crippen molar-refractivity contribution in [1.29, 1.82) is 0 Å². The highest BCUT2D eigenvalue weighted by Gasteiger charge is 2.19. The second-order valence-electron chi connectivity index (χ2n) is 2.74. The second-order valence-corrected chi connectivity index (χ2v) is 2.74. The molecule has 2 atom stereocenters. The molecule has 2 nitrogen and oxygen atoms in total. The molecule has 0 aromatic carbocycles. The lowest BCUT2D eigenvalue weighted by atomic mass is 9.98. The smallest absolute Gasteiger partial charge is 0.0622 e. The van der Waals surface area contributed by atoms with Crippen molar-refractivity contribution in [3.63, 3.8) is 0 Å². The van der Waals surface area contributed by atoms with E-state index in [0.717, 1.165) is 19.1 Å². The zero-order valence-electron chi connectivity index (χ0n) is 6.59. The molecule has 1 aliphatic heterocycles. The maximum atomic E-state index is 5.28. The van der Waals surface area contributed by atoms with Crippen LogP contribution in [-0.4, -0.2) is 26.3 Å². The van der Waals surface area contributed by atoms with Crippen molar-refractivity contribution < 1.29 is 4.74 Å². The lowest BCUT2D eigenvalue weighted by molar-refractivity contribution is 0.0442. The van der Waals surface area contributed by atoms with Crippen molar-refractivity contribution in [2.24, 2.45) is 5.92 Å². The van der Waals surface area contributed by atoms with Crippen LogP contribution in [0, 0.1) is 5.92 Å². The zero-order valence-corrected chi connectivity index (χ0v) is 7.41. The first-order chi connectivity index (χ1) is 4.34. The molecule has 0 radical (unpaired) electrons. The van der Waals surface area contributed by atoms with E-state index in [1.807, 2.05) is 7.05 Å². The normalized spacial score (nSPS) is 33.0. The first-order valence-electron chi connectivity index (χ1n) is 3.59. The summed E-state index contributed by atoms with van der Waals surface area (Å²) in [5.41, 5.74) is 0. The Labute approximate surface area is 68.7 Å². The summed E-state index contributed by atoms with van der Waals surface area (Å²) in [6.07, 6.45) is 1.20. The van der Waals surface area contributed by atoms with Gasteiger partial charge in [0.1, 0.15) is 0 Å². The zero-order chi connectivity index (χ0) is 6.69. The van der Waals surface area contributed by atoms with Gasteiger partial charge in [-0.3, -0.25) is 0 Å². The standard InChI is InChI=1S/C7H15NO.ClH/c1-6-3-4-9-5-7(6)8-2;/h6-8H,3-5H2,1-2H3;1H/t6-,7+;/m0./s1. The molecule has 0 saturated carbocycles. The van der Waals surface area contributed by atoms with Crippen LogP contribution >= 0.6 is 12.4 Å². The molecular weight excluding hydrogens is 150 g/mol. The third-order valence-electron chi connectivity index (χ3n) is 2.07. The van der Waals surface area contributed by atoms with Gasteiger partial charge in [0.05, 0.1) is 6.61 Å². The summed E-state index contributed by atoms with van der Waals surface area (Å²) in [5.74, 6) is 0.781. The van der Waals surface area contributed by atoms with Crippen LogP contribution in [0.4, 0.5) is 0 Å². The Hall–Kier alpha value is 0.210. The fourth-order valence-corrected chi connectivity index (χ4v) is 1.21. The Kier molecular flexibility index (Phi) is 5.04. The lowest BCUT2D eigenvalue weighted by Gasteiger charge is -2.28. The number of ether oxygens (including phenoxy) is 1. The van der Waals surface area contributed by atoms with E-state index < -0.39 is 0 Å². The first-order valence-corrected chi connectivity index (χ1v) is 3.59. The Morgan fingerprint density at radius 3 is 2.60 bits per heavy atom. The van der Waals surface area contributed by atoms with E-state index in [1.54, 1.807) is 0 Å². The van der Waals surface area contributed by atoms with Gasteiger partial charge in [0.25, 0.3) is 0 Å². The van der Waals surface area contributed by atoms with Crippen molar-refractivity contribution in [2.75, 3.05) is 20.3 Å². The highest BCUT2D eigenvalue weighted by Crippen LogP contribution is 2.13. The van der Waals surface area contributed by atoms with Crippen molar-refractivity contribution >= 4 is 12.4 Å². The summed E-state index contributed by atoms with van der Waals surface area (Å²) in [4.78, 5) is 0. The molecule has 1 saturated heterocycles. The summed E-state index contributed by atoms with van der Waals surface area (Å²) in [6, 6.07) is 0.582. The monoisotopic (exact) mass is 165 g/mol. The molecule has 3 heteroatoms. The fourth-order valence-electron chi connectivity index (χ4n) is 1.21. The largest absolute Gasteiger partial charge is 0.380 e. The average Bonchev–Trinajstić information content (AvgIpc) is 1.89. The summed E-state index contributed by atoms with van der Waals surface area (Å²) in [6.45, 7) is 4.10. The third-order valence-corrected chi connectivity index (χ3v) is 2.07. The molecule has 0 amide bonds. The molecular formula is C7H16ClNO. The highest BCUT2D eigenvalue weighted by molar-refractivity contribution is 5.85. The summed E-state index contributed by atoms with van der Waals surface area (Å²) < 4.78 is 5.28. The van der Waals surface area contributed by atoms with Gasteiger partial charge in [0, 0.05) is 12.6 Å². The summed E-state index contributed by atoms with van der Waals surface area (Å²) in [5, 5.41) is 3.23. The molecule has 0 bridgehead atoms. The van der Waals surface area contributed by atoms with E-state index in [2.05, 4.69) is 12.2 Å². The minimum Gasteiger partial charge on any atom is -0.380 e. The Morgan fingerprint density at radius 1 is 1.50 bits per heavy atom. The van der Waals surface area contributed by atoms with Crippen LogP contribution < -0.4 is 5.32 Å². The van der Waals surface area contributed by atoms with E-state index in [9.17, 15) is 0 Å². The van der Waals surface area contributed by atoms with Crippen LogP contribution in [0.3, 0.4) is 0 Å². The Morgan fingerprint density at radius 2 is 2.20 bits per heavy atom. The maximum Gasteiger partial charge on any atom is 0.0622 e. The highest BCUT2D eigenvalue weighted by atomic mass is 35.5. The molecule has 0 spiro atoms. The predicted molar refractivity (Wildman–Crippen MR) is 44.7 cm³/mol. The molecule has 1 fully saturated rings. The van der Waals surface area contributed by atoms with E-state index in [0.29, 0.717) is 6.04 Å². The van der Waals surface area contributed by atoms with E-state index >= 15 is 0 Å². The Balaban J connectivity index is 0.000000810. The fraction of sp³-hybridized carbons (Fsp3) is 1.00. The van der Waals surface area contributed by atoms with Crippen molar-refractivity contribution in [2.45, 2.75) is 19.4 Å². The van der Waals surface area contributed by atoms with Gasteiger partial charge < -0.3 is 10.1 Å². The minimum atomic E-state index is 0. The van der Waals surface area contributed by atoms with Crippen LogP contribution in [0.15, 0.2) is 0 Å². The summed E-state index contributed by atoms with van der Waals surface area (Å²) >= 11 is 0. The maximum absolute atomic E-state index is 5.28. The van der Waals surface area contributed by atoms with Gasteiger partial charge in [-0.1, -0.05) is 6.92 Å². The lowest BCUT2D eigenvalue weighted by Crippen LogP contribution is -2.40. The molecule has 1 N–H and O–H groups in total. The van der Waals surface area contributed by atoms with Crippen molar-refractivity contribution in [3.8, 4) is 0 Å². The number of nitrogens with one attached hydrogen (secondary N) is 1. The second kappa shape index (κ2) is 4.94. The molecule has 10 heavy (non-hydrogen) atoms. The molecule has 62 valence electrons. The van der Waals surface area contributed by atoms with Crippen LogP contribution in [0.2, 0.25) is 0 Å². The molecule has 1 rings (SSSR count). The molecule has 1 aliphatic rings. The summed E-state index contributed by atoms with van der Waals surface area (Å²) in [7, 11) is 2.00. The van der Waals surface area contributed by atoms with E-state index in [1.165, 1.54) is 6.42 Å². The first kappa shape index (κ1) is 10.2. The van der Waals surface area contributed by atoms with Gasteiger partial charge in [-0.25, -0.2) is 0 Å². The topological polar surface area (TPSA) is 21.3 Å². The number of halogens is 1. The van der Waals surface area contributed by atoms with Crippen molar-refractivity contribution in [3.05, 3.63) is 0 Å². The average molecular weight is 166 g/mol. The number of likely N-dealkylation sites (N-methyl/N-ethyl adjacent to an activating group) is 1. The molecule has 0 unspecified atom stereocenters. The molecule has 0 aromatic heterocycles. The van der Waals surface area contributed by atoms with Gasteiger partial charge in [-0.2, -0.15) is 0 Å². The Bertz CT molecular complexity index is 89.7. The van der Waals surface area contributed by atoms with E-state index in [-0.39, 0.29) is 12.4 Å². The van der Waals surface area contributed by atoms with Crippen LogP contribution in [0.25, 0.3) is 0 Å². The molecule has 0 aromatic rings. The third kappa shape index (κ3) is 2.45. The molecule has 1 heterocycles. The van der Waals surface area contributed by atoms with Crippen molar-refractivity contribution in [1.82, 2.24) is 5.32 Å². The van der Waals surface area contributed by atoms with Gasteiger partial charge in [0.2, 0.25) is 0 Å². The van der Waals surface area contributed by atoms with Gasteiger partial charge in [-0.05, 0) is 19.4 Å². The van der Waals surface area contributed by atoms with Crippen LogP contribution in [0.1, 0.15) is 13.3 Å². The quantitative estimate of drug-likeness (QED) is 0.628. The van der Waals surface area contributed by atoms with Crippen LogP contribution in [0.5, 0.6) is 0 Å². The van der Waals surface area contributed by atoms with E-state index in [4.69, 9.17) is 4.74 Å². The van der Waals surface area contributed by atoms with Crippen LogP contribution in [-0.2, 0) is 4.74 Å². The molecule has 0 aliphatic carbocycles.